The smallest absolute Gasteiger partial charge is 0.0388 e. The van der Waals surface area contributed by atoms with Crippen molar-refractivity contribution < 1.29 is 0 Å². The minimum Gasteiger partial charge on any atom is -0.305 e. The monoisotopic (exact) mass is 236 g/mol. The summed E-state index contributed by atoms with van der Waals surface area (Å²) in [5.41, 5.74) is 0. The Kier molecular flexibility index (Phi) is 3.01. The van der Waals surface area contributed by atoms with Crippen molar-refractivity contribution in [3.05, 3.63) is 22.4 Å². The van der Waals surface area contributed by atoms with E-state index in [9.17, 15) is 0 Å². The number of rotatable bonds is 3. The molecular formula is C13H20N2S. The Hall–Kier alpha value is -0.380. The first-order valence-electron chi connectivity index (χ1n) is 6.38. The first-order valence-corrected chi connectivity index (χ1v) is 7.26. The SMILES string of the molecule is C[C@@H](NC1CCN2CCCC12)c1cccs1. The molecule has 88 valence electrons. The van der Waals surface area contributed by atoms with Gasteiger partial charge in [-0.2, -0.15) is 0 Å². The van der Waals surface area contributed by atoms with E-state index in [0.717, 1.165) is 12.1 Å². The topological polar surface area (TPSA) is 15.3 Å². The molecule has 1 N–H and O–H groups in total. The van der Waals surface area contributed by atoms with Gasteiger partial charge in [0.1, 0.15) is 0 Å². The van der Waals surface area contributed by atoms with Gasteiger partial charge in [-0.05, 0) is 44.2 Å². The number of thiophene rings is 1. The Morgan fingerprint density at radius 3 is 3.19 bits per heavy atom. The highest BCUT2D eigenvalue weighted by molar-refractivity contribution is 7.10. The van der Waals surface area contributed by atoms with E-state index in [1.807, 2.05) is 11.3 Å². The van der Waals surface area contributed by atoms with Crippen LogP contribution in [0.5, 0.6) is 0 Å². The van der Waals surface area contributed by atoms with E-state index >= 15 is 0 Å². The van der Waals surface area contributed by atoms with E-state index < -0.39 is 0 Å². The van der Waals surface area contributed by atoms with Gasteiger partial charge in [0.2, 0.25) is 0 Å². The van der Waals surface area contributed by atoms with Crippen molar-refractivity contribution in [3.63, 3.8) is 0 Å². The van der Waals surface area contributed by atoms with Gasteiger partial charge in [0.05, 0.1) is 0 Å². The minimum absolute atomic E-state index is 0.519. The van der Waals surface area contributed by atoms with Crippen LogP contribution in [0.1, 0.15) is 37.1 Å². The normalized spacial score (nSPS) is 31.8. The van der Waals surface area contributed by atoms with Crippen molar-refractivity contribution in [2.24, 2.45) is 0 Å². The number of hydrogen-bond acceptors (Lipinski definition) is 3. The highest BCUT2D eigenvalue weighted by Gasteiger charge is 2.37. The summed E-state index contributed by atoms with van der Waals surface area (Å²) in [5.74, 6) is 0. The van der Waals surface area contributed by atoms with E-state index in [4.69, 9.17) is 0 Å². The maximum atomic E-state index is 3.82. The largest absolute Gasteiger partial charge is 0.305 e. The Bertz CT molecular complexity index is 336. The average molecular weight is 236 g/mol. The standard InChI is InChI=1S/C13H20N2S/c1-10(13-5-3-9-16-13)14-11-6-8-15-7-2-4-12(11)15/h3,5,9-12,14H,2,4,6-8H2,1H3/t10-,11?,12?/m1/s1. The molecule has 3 heterocycles. The maximum Gasteiger partial charge on any atom is 0.0388 e. The second kappa shape index (κ2) is 4.47. The molecule has 2 aliphatic heterocycles. The number of fused-ring (bicyclic) bond motifs is 1. The molecule has 3 atom stereocenters. The Morgan fingerprint density at radius 2 is 2.38 bits per heavy atom. The van der Waals surface area contributed by atoms with E-state index in [1.54, 1.807) is 0 Å². The third-order valence-corrected chi connectivity index (χ3v) is 5.10. The summed E-state index contributed by atoms with van der Waals surface area (Å²) < 4.78 is 0. The van der Waals surface area contributed by atoms with Crippen molar-refractivity contribution in [2.75, 3.05) is 13.1 Å². The van der Waals surface area contributed by atoms with Crippen molar-refractivity contribution in [1.82, 2.24) is 10.2 Å². The van der Waals surface area contributed by atoms with Crippen molar-refractivity contribution >= 4 is 11.3 Å². The fourth-order valence-electron chi connectivity index (χ4n) is 3.22. The van der Waals surface area contributed by atoms with Crippen LogP contribution in [0, 0.1) is 0 Å². The summed E-state index contributed by atoms with van der Waals surface area (Å²) in [6, 6.07) is 6.45. The first kappa shape index (κ1) is 10.8. The molecule has 0 bridgehead atoms. The van der Waals surface area contributed by atoms with Gasteiger partial charge in [-0.1, -0.05) is 6.07 Å². The number of hydrogen-bond donors (Lipinski definition) is 1. The van der Waals surface area contributed by atoms with Crippen molar-refractivity contribution in [3.8, 4) is 0 Å². The lowest BCUT2D eigenvalue weighted by atomic mass is 10.1. The van der Waals surface area contributed by atoms with Gasteiger partial charge in [0, 0.05) is 29.5 Å². The molecule has 2 saturated heterocycles. The molecule has 2 nitrogen and oxygen atoms in total. The number of nitrogens with one attached hydrogen (secondary N) is 1. The zero-order chi connectivity index (χ0) is 11.0. The van der Waals surface area contributed by atoms with Gasteiger partial charge in [0.25, 0.3) is 0 Å². The lowest BCUT2D eigenvalue weighted by molar-refractivity contribution is 0.292. The maximum absolute atomic E-state index is 3.82. The fourth-order valence-corrected chi connectivity index (χ4v) is 3.96. The van der Waals surface area contributed by atoms with Crippen LogP contribution in [0.15, 0.2) is 17.5 Å². The first-order chi connectivity index (χ1) is 7.84. The molecule has 0 spiro atoms. The third kappa shape index (κ3) is 1.92. The van der Waals surface area contributed by atoms with Crippen LogP contribution >= 0.6 is 11.3 Å². The average Bonchev–Trinajstić information content (AvgIpc) is 2.94. The molecule has 1 aromatic rings. The van der Waals surface area contributed by atoms with Gasteiger partial charge in [-0.25, -0.2) is 0 Å². The Labute approximate surface area is 102 Å². The summed E-state index contributed by atoms with van der Waals surface area (Å²) in [4.78, 5) is 4.13. The predicted octanol–water partition coefficient (Wildman–Crippen LogP) is 2.64. The lowest BCUT2D eigenvalue weighted by Gasteiger charge is -2.24. The van der Waals surface area contributed by atoms with Crippen molar-refractivity contribution in [1.29, 1.82) is 0 Å². The van der Waals surface area contributed by atoms with Crippen LogP contribution < -0.4 is 5.32 Å². The Morgan fingerprint density at radius 1 is 1.44 bits per heavy atom. The Balaban J connectivity index is 1.62. The molecule has 0 amide bonds. The molecule has 3 rings (SSSR count). The van der Waals surface area contributed by atoms with E-state index in [-0.39, 0.29) is 0 Å². The van der Waals surface area contributed by atoms with Crippen LogP contribution in [-0.2, 0) is 0 Å². The summed E-state index contributed by atoms with van der Waals surface area (Å²) in [5, 5.41) is 5.99. The van der Waals surface area contributed by atoms with Crippen LogP contribution in [0.3, 0.4) is 0 Å². The summed E-state index contributed by atoms with van der Waals surface area (Å²) >= 11 is 1.86. The van der Waals surface area contributed by atoms with Gasteiger partial charge in [-0.15, -0.1) is 11.3 Å². The van der Waals surface area contributed by atoms with E-state index in [0.29, 0.717) is 6.04 Å². The second-order valence-corrected chi connectivity index (χ2v) is 6.02. The molecule has 2 aliphatic rings. The molecule has 16 heavy (non-hydrogen) atoms. The second-order valence-electron chi connectivity index (χ2n) is 5.04. The van der Waals surface area contributed by atoms with Crippen LogP contribution in [-0.4, -0.2) is 30.1 Å². The molecule has 2 fully saturated rings. The molecule has 0 aliphatic carbocycles. The predicted molar refractivity (Wildman–Crippen MR) is 68.9 cm³/mol. The third-order valence-electron chi connectivity index (χ3n) is 4.04. The van der Waals surface area contributed by atoms with Crippen molar-refractivity contribution in [2.45, 2.75) is 44.3 Å². The van der Waals surface area contributed by atoms with Crippen LogP contribution in [0.25, 0.3) is 0 Å². The molecular weight excluding hydrogens is 216 g/mol. The van der Waals surface area contributed by atoms with Gasteiger partial charge in [-0.3, -0.25) is 4.90 Å². The zero-order valence-electron chi connectivity index (χ0n) is 9.86. The summed E-state index contributed by atoms with van der Waals surface area (Å²) in [6.07, 6.45) is 4.13. The molecule has 0 aromatic carbocycles. The highest BCUT2D eigenvalue weighted by Crippen LogP contribution is 2.30. The van der Waals surface area contributed by atoms with E-state index in [2.05, 4.69) is 34.7 Å². The molecule has 0 radical (unpaired) electrons. The highest BCUT2D eigenvalue weighted by atomic mass is 32.1. The fraction of sp³-hybridized carbons (Fsp3) is 0.692. The lowest BCUT2D eigenvalue weighted by Crippen LogP contribution is -2.40. The van der Waals surface area contributed by atoms with Crippen LogP contribution in [0.2, 0.25) is 0 Å². The van der Waals surface area contributed by atoms with E-state index in [1.165, 1.54) is 37.2 Å². The van der Waals surface area contributed by atoms with Crippen LogP contribution in [0.4, 0.5) is 0 Å². The number of nitrogens with zero attached hydrogens (tertiary/aromatic N) is 1. The summed E-state index contributed by atoms with van der Waals surface area (Å²) in [7, 11) is 0. The molecule has 2 unspecified atom stereocenters. The summed E-state index contributed by atoms with van der Waals surface area (Å²) in [6.45, 7) is 4.93. The quantitative estimate of drug-likeness (QED) is 0.868. The zero-order valence-corrected chi connectivity index (χ0v) is 10.7. The molecule has 0 saturated carbocycles. The van der Waals surface area contributed by atoms with Gasteiger partial charge in [0.15, 0.2) is 0 Å². The van der Waals surface area contributed by atoms with Gasteiger partial charge >= 0.3 is 0 Å². The van der Waals surface area contributed by atoms with Gasteiger partial charge < -0.3 is 5.32 Å². The molecule has 1 aromatic heterocycles. The minimum atomic E-state index is 0.519. The molecule has 3 heteroatoms.